The van der Waals surface area contributed by atoms with Crippen LogP contribution in [0.2, 0.25) is 0 Å². The van der Waals surface area contributed by atoms with Gasteiger partial charge in [0.05, 0.1) is 0 Å². The van der Waals surface area contributed by atoms with E-state index in [1.54, 1.807) is 0 Å². The van der Waals surface area contributed by atoms with Gasteiger partial charge in [0.2, 0.25) is 0 Å². The average molecular weight is 212 g/mol. The first-order chi connectivity index (χ1) is 6.91. The Morgan fingerprint density at radius 1 is 1.27 bits per heavy atom. The Hall–Kier alpha value is -0.730. The quantitative estimate of drug-likeness (QED) is 0.579. The van der Waals surface area contributed by atoms with Crippen LogP contribution in [0.5, 0.6) is 0 Å². The molecule has 3 nitrogen and oxygen atoms in total. The molecule has 3 heteroatoms. The minimum absolute atomic E-state index is 0.279. The topological polar surface area (TPSA) is 35.5 Å². The van der Waals surface area contributed by atoms with Crippen molar-refractivity contribution >= 4 is 6.16 Å². The van der Waals surface area contributed by atoms with E-state index in [9.17, 15) is 4.79 Å². The van der Waals surface area contributed by atoms with Crippen molar-refractivity contribution in [2.24, 2.45) is 11.3 Å². The summed E-state index contributed by atoms with van der Waals surface area (Å²) in [6.07, 6.45) is 3.71. The van der Waals surface area contributed by atoms with Crippen molar-refractivity contribution in [3.05, 3.63) is 0 Å². The van der Waals surface area contributed by atoms with Crippen molar-refractivity contribution in [1.29, 1.82) is 0 Å². The Morgan fingerprint density at radius 2 is 1.87 bits per heavy atom. The lowest BCUT2D eigenvalue weighted by Gasteiger charge is -2.39. The molecule has 0 N–H and O–H groups in total. The van der Waals surface area contributed by atoms with Crippen LogP contribution in [0.3, 0.4) is 0 Å². The highest BCUT2D eigenvalue weighted by molar-refractivity contribution is 5.62. The fourth-order valence-electron chi connectivity index (χ4n) is 2.68. The van der Waals surface area contributed by atoms with Gasteiger partial charge in [-0.2, -0.15) is 0 Å². The van der Waals surface area contributed by atoms with Gasteiger partial charge in [-0.05, 0) is 37.0 Å². The lowest BCUT2D eigenvalue weighted by atomic mass is 9.68. The summed E-state index contributed by atoms with van der Waals surface area (Å²) >= 11 is 0. The van der Waals surface area contributed by atoms with E-state index >= 15 is 0 Å². The van der Waals surface area contributed by atoms with E-state index in [1.807, 2.05) is 0 Å². The van der Waals surface area contributed by atoms with Crippen LogP contribution in [0, 0.1) is 11.3 Å². The number of hydrogen-bond donors (Lipinski definition) is 0. The zero-order valence-corrected chi connectivity index (χ0v) is 9.84. The van der Waals surface area contributed by atoms with Gasteiger partial charge in [0, 0.05) is 0 Å². The number of ether oxygens (including phenoxy) is 2. The summed E-state index contributed by atoms with van der Waals surface area (Å²) in [6.45, 7) is 7.31. The molecule has 15 heavy (non-hydrogen) atoms. The summed E-state index contributed by atoms with van der Waals surface area (Å²) in [5.74, 6) is 0.738. The van der Waals surface area contributed by atoms with Gasteiger partial charge in [-0.25, -0.2) is 4.79 Å². The number of rotatable bonds is 0. The third-order valence-corrected chi connectivity index (χ3v) is 3.87. The summed E-state index contributed by atoms with van der Waals surface area (Å²) in [6, 6.07) is 0. The van der Waals surface area contributed by atoms with E-state index in [2.05, 4.69) is 20.8 Å². The zero-order chi connectivity index (χ0) is 11.1. The van der Waals surface area contributed by atoms with E-state index in [0.717, 1.165) is 31.6 Å². The highest BCUT2D eigenvalue weighted by atomic mass is 16.8. The van der Waals surface area contributed by atoms with Gasteiger partial charge in [-0.15, -0.1) is 0 Å². The van der Waals surface area contributed by atoms with Gasteiger partial charge in [-0.3, -0.25) is 0 Å². The molecule has 0 atom stereocenters. The Bertz CT molecular complexity index is 257. The molecule has 86 valence electrons. The molecular weight excluding hydrogens is 192 g/mol. The van der Waals surface area contributed by atoms with Crippen LogP contribution in [0.1, 0.15) is 46.5 Å². The molecule has 1 spiro atoms. The Kier molecular flexibility index (Phi) is 2.44. The molecule has 1 saturated heterocycles. The molecule has 2 aliphatic rings. The highest BCUT2D eigenvalue weighted by Gasteiger charge is 2.46. The molecule has 1 aliphatic heterocycles. The van der Waals surface area contributed by atoms with E-state index in [1.165, 1.54) is 0 Å². The van der Waals surface area contributed by atoms with Gasteiger partial charge in [-0.1, -0.05) is 20.8 Å². The van der Waals surface area contributed by atoms with Gasteiger partial charge in [0.25, 0.3) is 0 Å². The van der Waals surface area contributed by atoms with Crippen LogP contribution in [0.4, 0.5) is 4.79 Å². The second kappa shape index (κ2) is 3.39. The third-order valence-electron chi connectivity index (χ3n) is 3.87. The molecule has 0 aromatic carbocycles. The zero-order valence-electron chi connectivity index (χ0n) is 9.84. The van der Waals surface area contributed by atoms with Gasteiger partial charge in [0.15, 0.2) is 0 Å². The lowest BCUT2D eigenvalue weighted by Crippen LogP contribution is -2.39. The Labute approximate surface area is 91.1 Å². The predicted molar refractivity (Wildman–Crippen MR) is 56.6 cm³/mol. The molecule has 2 fully saturated rings. The minimum atomic E-state index is -0.482. The molecule has 0 unspecified atom stereocenters. The standard InChI is InChI=1S/C12H20O3/c1-11(2,3)9-4-6-12(7-5-9)8-14-10(13)15-12/h9H,4-8H2,1-3H3. The van der Waals surface area contributed by atoms with Crippen molar-refractivity contribution in [3.63, 3.8) is 0 Å². The molecule has 0 radical (unpaired) electrons. The summed E-state index contributed by atoms with van der Waals surface area (Å²) in [7, 11) is 0. The molecule has 0 bridgehead atoms. The number of cyclic esters (lactones) is 1. The maximum Gasteiger partial charge on any atom is 0.509 e. The summed E-state index contributed by atoms with van der Waals surface area (Å²) < 4.78 is 10.2. The highest BCUT2D eigenvalue weighted by Crippen LogP contribution is 2.44. The predicted octanol–water partition coefficient (Wildman–Crippen LogP) is 3.13. The lowest BCUT2D eigenvalue weighted by molar-refractivity contribution is -0.00397. The van der Waals surface area contributed by atoms with E-state index < -0.39 is 6.16 Å². The number of carbonyl (C=O) groups excluding carboxylic acids is 1. The van der Waals surface area contributed by atoms with Crippen molar-refractivity contribution < 1.29 is 14.3 Å². The normalized spacial score (nSPS) is 36.5. The molecule has 1 saturated carbocycles. The molecule has 1 aliphatic carbocycles. The maximum absolute atomic E-state index is 11.0. The Morgan fingerprint density at radius 3 is 2.27 bits per heavy atom. The van der Waals surface area contributed by atoms with Crippen LogP contribution in [-0.4, -0.2) is 18.4 Å². The third kappa shape index (κ3) is 2.11. The SMILES string of the molecule is CC(C)(C)C1CCC2(CC1)COC(=O)O2. The van der Waals surface area contributed by atoms with Gasteiger partial charge in [0.1, 0.15) is 12.2 Å². The smallest absolute Gasteiger partial charge is 0.430 e. The maximum atomic E-state index is 11.0. The summed E-state index contributed by atoms with van der Waals surface area (Å²) in [4.78, 5) is 11.0. The van der Waals surface area contributed by atoms with E-state index in [4.69, 9.17) is 9.47 Å². The van der Waals surface area contributed by atoms with Gasteiger partial charge < -0.3 is 9.47 Å². The molecule has 0 aromatic rings. The second-order valence-corrected chi connectivity index (χ2v) is 5.96. The van der Waals surface area contributed by atoms with Crippen LogP contribution in [-0.2, 0) is 9.47 Å². The molecule has 1 heterocycles. The van der Waals surface area contributed by atoms with Crippen molar-refractivity contribution in [3.8, 4) is 0 Å². The first-order valence-corrected chi connectivity index (χ1v) is 5.77. The Balaban J connectivity index is 1.95. The largest absolute Gasteiger partial charge is 0.509 e. The first-order valence-electron chi connectivity index (χ1n) is 5.77. The van der Waals surface area contributed by atoms with E-state index in [-0.39, 0.29) is 5.60 Å². The van der Waals surface area contributed by atoms with Crippen LogP contribution < -0.4 is 0 Å². The summed E-state index contributed by atoms with van der Waals surface area (Å²) in [5.41, 5.74) is 0.0872. The monoisotopic (exact) mass is 212 g/mol. The fraction of sp³-hybridized carbons (Fsp3) is 0.917. The van der Waals surface area contributed by atoms with Crippen molar-refractivity contribution in [1.82, 2.24) is 0 Å². The molecule has 0 aromatic heterocycles. The number of hydrogen-bond acceptors (Lipinski definition) is 3. The van der Waals surface area contributed by atoms with Crippen LogP contribution >= 0.6 is 0 Å². The van der Waals surface area contributed by atoms with Crippen LogP contribution in [0.25, 0.3) is 0 Å². The first kappa shape index (κ1) is 10.8. The second-order valence-electron chi connectivity index (χ2n) is 5.96. The number of carbonyl (C=O) groups is 1. The van der Waals surface area contributed by atoms with E-state index in [0.29, 0.717) is 12.0 Å². The van der Waals surface area contributed by atoms with Gasteiger partial charge >= 0.3 is 6.16 Å². The molecular formula is C12H20O3. The molecule has 2 rings (SSSR count). The minimum Gasteiger partial charge on any atom is -0.430 e. The fourth-order valence-corrected chi connectivity index (χ4v) is 2.68. The van der Waals surface area contributed by atoms with Crippen molar-refractivity contribution in [2.45, 2.75) is 52.1 Å². The average Bonchev–Trinajstić information content (AvgIpc) is 2.47. The summed E-state index contributed by atoms with van der Waals surface area (Å²) in [5, 5.41) is 0. The molecule has 0 amide bonds. The van der Waals surface area contributed by atoms with Crippen molar-refractivity contribution in [2.75, 3.05) is 6.61 Å². The van der Waals surface area contributed by atoms with Crippen LogP contribution in [0.15, 0.2) is 0 Å².